The fourth-order valence-electron chi connectivity index (χ4n) is 1.17. The molecule has 0 atom stereocenters. The lowest BCUT2D eigenvalue weighted by atomic mass is 10.2. The summed E-state index contributed by atoms with van der Waals surface area (Å²) in [4.78, 5) is 0. The van der Waals surface area contributed by atoms with Crippen molar-refractivity contribution in [2.45, 2.75) is 77.8 Å². The molecule has 0 saturated heterocycles. The first-order valence-electron chi connectivity index (χ1n) is 7.78. The highest BCUT2D eigenvalue weighted by Crippen LogP contribution is 2.38. The van der Waals surface area contributed by atoms with Crippen LogP contribution in [0, 0.1) is 0 Å². The zero-order valence-electron chi connectivity index (χ0n) is 15.9. The summed E-state index contributed by atoms with van der Waals surface area (Å²) < 4.78 is 12.2. The predicted octanol–water partition coefficient (Wildman–Crippen LogP) is 6.10. The van der Waals surface area contributed by atoms with E-state index < -0.39 is 16.6 Å². The molecule has 0 amide bonds. The van der Waals surface area contributed by atoms with E-state index in [0.29, 0.717) is 6.61 Å². The van der Waals surface area contributed by atoms with Gasteiger partial charge in [0.05, 0.1) is 12.4 Å². The standard InChI is InChI=1S/C17H36O2Si2/c1-15(19-21(10,11)17(5,6)7)13-12-14-18-20(8,9)16(2,3)4/h12-13H,1,14H2,2-11H3/b13-12+. The number of hydrogen-bond acceptors (Lipinski definition) is 2. The summed E-state index contributed by atoms with van der Waals surface area (Å²) in [5, 5.41) is 0.441. The van der Waals surface area contributed by atoms with Gasteiger partial charge in [-0.25, -0.2) is 0 Å². The van der Waals surface area contributed by atoms with Crippen molar-refractivity contribution in [1.29, 1.82) is 0 Å². The topological polar surface area (TPSA) is 18.5 Å². The number of hydrogen-bond donors (Lipinski definition) is 0. The molecule has 0 unspecified atom stereocenters. The first-order valence-corrected chi connectivity index (χ1v) is 13.6. The summed E-state index contributed by atoms with van der Waals surface area (Å²) in [6.45, 7) is 27.1. The van der Waals surface area contributed by atoms with Gasteiger partial charge in [0, 0.05) is 0 Å². The molecule has 0 heterocycles. The van der Waals surface area contributed by atoms with Crippen molar-refractivity contribution < 1.29 is 8.85 Å². The van der Waals surface area contributed by atoms with Crippen LogP contribution in [0.25, 0.3) is 0 Å². The third-order valence-electron chi connectivity index (χ3n) is 4.84. The Hall–Kier alpha value is -0.326. The van der Waals surface area contributed by atoms with Crippen LogP contribution in [0.5, 0.6) is 0 Å². The van der Waals surface area contributed by atoms with Crippen molar-refractivity contribution >= 4 is 16.6 Å². The van der Waals surface area contributed by atoms with Gasteiger partial charge in [0.25, 0.3) is 0 Å². The normalized spacial score (nSPS) is 14.6. The summed E-state index contributed by atoms with van der Waals surface area (Å²) in [6, 6.07) is 0. The van der Waals surface area contributed by atoms with E-state index in [9.17, 15) is 0 Å². The SMILES string of the molecule is C=C(/C=C/CO[Si](C)(C)C(C)(C)C)O[Si](C)(C)C(C)(C)C. The molecule has 0 aliphatic rings. The van der Waals surface area contributed by atoms with Crippen molar-refractivity contribution in [3.05, 3.63) is 24.5 Å². The van der Waals surface area contributed by atoms with E-state index >= 15 is 0 Å². The first kappa shape index (κ1) is 20.7. The highest BCUT2D eigenvalue weighted by atomic mass is 28.4. The monoisotopic (exact) mass is 328 g/mol. The highest BCUT2D eigenvalue weighted by Gasteiger charge is 2.39. The second-order valence-corrected chi connectivity index (χ2v) is 18.3. The quantitative estimate of drug-likeness (QED) is 0.333. The Labute approximate surface area is 134 Å². The van der Waals surface area contributed by atoms with Crippen molar-refractivity contribution in [2.24, 2.45) is 0 Å². The van der Waals surface area contributed by atoms with E-state index in [2.05, 4.69) is 74.3 Å². The molecule has 21 heavy (non-hydrogen) atoms. The molecule has 0 saturated carbocycles. The lowest BCUT2D eigenvalue weighted by Crippen LogP contribution is -2.40. The molecule has 0 aromatic heterocycles. The van der Waals surface area contributed by atoms with Gasteiger partial charge < -0.3 is 8.85 Å². The van der Waals surface area contributed by atoms with Crippen molar-refractivity contribution in [3.63, 3.8) is 0 Å². The molecule has 124 valence electrons. The Kier molecular flexibility index (Phi) is 6.73. The maximum atomic E-state index is 6.12. The van der Waals surface area contributed by atoms with Gasteiger partial charge in [-0.1, -0.05) is 54.2 Å². The van der Waals surface area contributed by atoms with Gasteiger partial charge in [0.2, 0.25) is 8.32 Å². The minimum atomic E-state index is -1.78. The Morgan fingerprint density at radius 2 is 1.33 bits per heavy atom. The molecule has 2 nitrogen and oxygen atoms in total. The molecule has 0 spiro atoms. The van der Waals surface area contributed by atoms with Crippen molar-refractivity contribution in [3.8, 4) is 0 Å². The minimum Gasteiger partial charge on any atom is -0.544 e. The second-order valence-electron chi connectivity index (χ2n) is 8.80. The predicted molar refractivity (Wildman–Crippen MR) is 99.7 cm³/mol. The van der Waals surface area contributed by atoms with Crippen LogP contribution in [-0.4, -0.2) is 23.2 Å². The van der Waals surface area contributed by atoms with E-state index in [1.54, 1.807) is 0 Å². The summed E-state index contributed by atoms with van der Waals surface area (Å²) in [7, 11) is -3.44. The van der Waals surface area contributed by atoms with Crippen LogP contribution in [0.3, 0.4) is 0 Å². The van der Waals surface area contributed by atoms with Gasteiger partial charge in [0.15, 0.2) is 8.32 Å². The van der Waals surface area contributed by atoms with Crippen LogP contribution >= 0.6 is 0 Å². The fourth-order valence-corrected chi connectivity index (χ4v) is 3.14. The van der Waals surface area contributed by atoms with Crippen LogP contribution in [0.2, 0.25) is 36.3 Å². The van der Waals surface area contributed by atoms with Gasteiger partial charge >= 0.3 is 0 Å². The summed E-state index contributed by atoms with van der Waals surface area (Å²) in [5.41, 5.74) is 0. The molecule has 0 N–H and O–H groups in total. The average molecular weight is 329 g/mol. The van der Waals surface area contributed by atoms with Crippen molar-refractivity contribution in [1.82, 2.24) is 0 Å². The van der Waals surface area contributed by atoms with Crippen LogP contribution in [-0.2, 0) is 8.85 Å². The van der Waals surface area contributed by atoms with Crippen LogP contribution in [0.15, 0.2) is 24.5 Å². The molecule has 0 radical (unpaired) electrons. The first-order chi connectivity index (χ1) is 9.10. The molecular formula is C17H36O2Si2. The molecule has 0 aliphatic carbocycles. The Morgan fingerprint density at radius 1 is 0.905 bits per heavy atom. The van der Waals surface area contributed by atoms with E-state index in [1.165, 1.54) is 0 Å². The van der Waals surface area contributed by atoms with E-state index in [0.717, 1.165) is 5.76 Å². The van der Waals surface area contributed by atoms with Gasteiger partial charge in [-0.05, 0) is 42.3 Å². The summed E-state index contributed by atoms with van der Waals surface area (Å²) in [5.74, 6) is 0.750. The van der Waals surface area contributed by atoms with Gasteiger partial charge in [-0.2, -0.15) is 0 Å². The Balaban J connectivity index is 4.44. The third-order valence-corrected chi connectivity index (χ3v) is 13.7. The lowest BCUT2D eigenvalue weighted by Gasteiger charge is -2.36. The lowest BCUT2D eigenvalue weighted by molar-refractivity contribution is 0.327. The Morgan fingerprint density at radius 3 is 1.71 bits per heavy atom. The molecule has 4 heteroatoms. The average Bonchev–Trinajstić information content (AvgIpc) is 2.20. The molecule has 0 aliphatic heterocycles. The molecule has 0 rings (SSSR count). The molecule has 0 aromatic rings. The number of rotatable bonds is 6. The minimum absolute atomic E-state index is 0.196. The zero-order chi connectivity index (χ0) is 17.1. The molecule has 0 aromatic carbocycles. The second kappa shape index (κ2) is 6.84. The Bertz CT molecular complexity index is 383. The zero-order valence-corrected chi connectivity index (χ0v) is 17.9. The van der Waals surface area contributed by atoms with Crippen LogP contribution in [0.4, 0.5) is 0 Å². The van der Waals surface area contributed by atoms with Crippen molar-refractivity contribution in [2.75, 3.05) is 6.61 Å². The number of allylic oxidation sites excluding steroid dienone is 1. The summed E-state index contributed by atoms with van der Waals surface area (Å²) in [6.07, 6.45) is 3.98. The summed E-state index contributed by atoms with van der Waals surface area (Å²) >= 11 is 0. The van der Waals surface area contributed by atoms with Gasteiger partial charge in [-0.3, -0.25) is 0 Å². The molecular weight excluding hydrogens is 292 g/mol. The fraction of sp³-hybridized carbons (Fsp3) is 0.765. The van der Waals surface area contributed by atoms with Gasteiger partial charge in [-0.15, -0.1) is 0 Å². The molecule has 0 bridgehead atoms. The van der Waals surface area contributed by atoms with Gasteiger partial charge in [0.1, 0.15) is 0 Å². The maximum Gasteiger partial charge on any atom is 0.250 e. The van der Waals surface area contributed by atoms with E-state index in [4.69, 9.17) is 8.85 Å². The van der Waals surface area contributed by atoms with E-state index in [1.807, 2.05) is 12.2 Å². The largest absolute Gasteiger partial charge is 0.544 e. The highest BCUT2D eigenvalue weighted by molar-refractivity contribution is 6.74. The molecule has 0 fully saturated rings. The maximum absolute atomic E-state index is 6.12. The smallest absolute Gasteiger partial charge is 0.250 e. The third kappa shape index (κ3) is 6.53. The van der Waals surface area contributed by atoms with Crippen LogP contribution in [0.1, 0.15) is 41.5 Å². The van der Waals surface area contributed by atoms with E-state index in [-0.39, 0.29) is 10.1 Å². The van der Waals surface area contributed by atoms with Crippen LogP contribution < -0.4 is 0 Å².